The quantitative estimate of drug-likeness (QED) is 0.0417. The van der Waals surface area contributed by atoms with Crippen LogP contribution in [0.3, 0.4) is 0 Å². The van der Waals surface area contributed by atoms with Crippen molar-refractivity contribution in [2.45, 2.75) is 43.8 Å². The highest BCUT2D eigenvalue weighted by Crippen LogP contribution is 2.31. The summed E-state index contributed by atoms with van der Waals surface area (Å²) in [4.78, 5) is 79.6. The molecule has 8 aromatic heterocycles. The van der Waals surface area contributed by atoms with Gasteiger partial charge in [-0.05, 0) is 128 Å². The number of rotatable bonds is 21. The number of nitriles is 1. The number of esters is 1. The molecule has 47 heteroatoms. The van der Waals surface area contributed by atoms with Crippen molar-refractivity contribution in [3.05, 3.63) is 248 Å². The molecule has 0 atom stereocenters. The number of sulfonamides is 5. The number of ether oxygens (including phenoxy) is 1. The fourth-order valence-corrected chi connectivity index (χ4v) is 17.5. The summed E-state index contributed by atoms with van der Waals surface area (Å²) >= 11 is 31.0. The van der Waals surface area contributed by atoms with Crippen LogP contribution in [0.25, 0.3) is 55.2 Å². The molecule has 0 spiro atoms. The van der Waals surface area contributed by atoms with Gasteiger partial charge in [-0.25, -0.2) is 83.5 Å². The zero-order valence-corrected chi connectivity index (χ0v) is 72.6. The predicted molar refractivity (Wildman–Crippen MR) is 461 cm³/mol. The second kappa shape index (κ2) is 38.9. The monoisotopic (exact) mass is 1860 g/mol. The van der Waals surface area contributed by atoms with Gasteiger partial charge in [-0.3, -0.25) is 47.4 Å². The molecule has 0 radical (unpaired) electrons. The minimum Gasteiger partial charge on any atom is -0.466 e. The fraction of sp³-hybridized carbons (Fsp3) is 0.120. The van der Waals surface area contributed by atoms with E-state index >= 15 is 0 Å². The highest BCUT2D eigenvalue weighted by molar-refractivity contribution is 7.95. The summed E-state index contributed by atoms with van der Waals surface area (Å²) in [5.74, 6) is -1.07. The molecule has 36 nitrogen and oxygen atoms in total. The summed E-state index contributed by atoms with van der Waals surface area (Å²) in [7, 11) is -11.5. The summed E-state index contributed by atoms with van der Waals surface area (Å²) in [5, 5.41) is 16.2. The average molecular weight is 1870 g/mol. The van der Waals surface area contributed by atoms with Crippen LogP contribution in [0.15, 0.2) is 231 Å². The molecule has 15 aromatic rings. The molecule has 5 N–H and O–H groups in total. The number of aryl methyl sites for hydroxylation is 1. The van der Waals surface area contributed by atoms with Crippen molar-refractivity contribution in [2.75, 3.05) is 58.4 Å². The summed E-state index contributed by atoms with van der Waals surface area (Å²) in [5.41, 5.74) is 6.47. The number of thiophene rings is 1. The number of amides is 2. The largest absolute Gasteiger partial charge is 0.466 e. The first-order valence-electron chi connectivity index (χ1n) is 34.9. The molecule has 7 aromatic carbocycles. The molecule has 0 aliphatic rings. The van der Waals surface area contributed by atoms with E-state index in [0.717, 1.165) is 17.5 Å². The van der Waals surface area contributed by atoms with Gasteiger partial charge in [0.25, 0.3) is 56.0 Å². The van der Waals surface area contributed by atoms with Crippen molar-refractivity contribution in [3.8, 4) is 6.07 Å². The third-order valence-corrected chi connectivity index (χ3v) is 25.5. The number of halogens is 5. The topological polar surface area (TPSA) is 486 Å². The van der Waals surface area contributed by atoms with Crippen LogP contribution in [-0.4, -0.2) is 174 Å². The molecule has 2 amide bonds. The lowest BCUT2D eigenvalue weighted by Crippen LogP contribution is -2.26. The Kier molecular flexibility index (Phi) is 28.8. The molecule has 0 aliphatic heterocycles. The minimum absolute atomic E-state index is 0.00933. The molecule has 0 fully saturated rings. The SMILES string of the molecule is CCOC(=O)Cc1ccc(S(=O)(=O)Nc2nc3ccccc3nc2Cl)cc1.CN(C)C(=O)Cn1cc(S(=O)(=O)Nc2nc3ccccc3nc2Cl)cn1.CN(C)C(=O)c1ccc(S(=O)(=O)Nc2nc3ccccc3nc2Cl)cc1.Cn1ccc(S(=O)(=O)Nc2nc3ccccc3nc2Cl)n1.N#Cc1ccc(S(=O)(=O)Nc2nc3ccccc3nc2Cl)s1. The normalized spacial score (nSPS) is 11.4. The summed E-state index contributed by atoms with van der Waals surface area (Å²) < 4.78 is 143. The highest BCUT2D eigenvalue weighted by Gasteiger charge is 2.26. The number of benzene rings is 7. The molecule has 0 saturated heterocycles. The Balaban J connectivity index is 0.000000149. The van der Waals surface area contributed by atoms with Crippen molar-refractivity contribution in [1.82, 2.24) is 79.2 Å². The van der Waals surface area contributed by atoms with Gasteiger partial charge in [0.05, 0.1) is 84.2 Å². The molecule has 0 saturated carbocycles. The van der Waals surface area contributed by atoms with Gasteiger partial charge in [0.2, 0.25) is 5.91 Å². The number of hydrogen-bond donors (Lipinski definition) is 5. The molecular formula is C75H63Cl5N22O14S6. The van der Waals surface area contributed by atoms with E-state index in [-0.39, 0.29) is 110 Å². The molecule has 122 heavy (non-hydrogen) atoms. The van der Waals surface area contributed by atoms with Gasteiger partial charge in [-0.15, -0.1) is 11.3 Å². The Hall–Kier alpha value is -12.5. The van der Waals surface area contributed by atoms with Gasteiger partial charge >= 0.3 is 5.97 Å². The number of fused-ring (bicyclic) bond motifs is 5. The van der Waals surface area contributed by atoms with Crippen molar-refractivity contribution in [3.63, 3.8) is 0 Å². The van der Waals surface area contributed by atoms with E-state index in [1.54, 1.807) is 176 Å². The Morgan fingerprint density at radius 1 is 0.443 bits per heavy atom. The van der Waals surface area contributed by atoms with E-state index < -0.39 is 50.1 Å². The Bertz CT molecular complexity index is 7140. The van der Waals surface area contributed by atoms with Crippen LogP contribution in [0, 0.1) is 11.3 Å². The Morgan fingerprint density at radius 2 is 0.787 bits per heavy atom. The number of para-hydroxylation sites is 10. The van der Waals surface area contributed by atoms with E-state index in [1.807, 2.05) is 6.07 Å². The lowest BCUT2D eigenvalue weighted by molar-refractivity contribution is -0.142. The van der Waals surface area contributed by atoms with Crippen molar-refractivity contribution in [2.24, 2.45) is 7.05 Å². The second-order valence-electron chi connectivity index (χ2n) is 25.4. The van der Waals surface area contributed by atoms with Gasteiger partial charge in [0.15, 0.2) is 59.9 Å². The molecule has 15 rings (SSSR count). The zero-order chi connectivity index (χ0) is 88.0. The van der Waals surface area contributed by atoms with E-state index in [1.165, 1.54) is 86.2 Å². The van der Waals surface area contributed by atoms with Crippen LogP contribution < -0.4 is 23.6 Å². The van der Waals surface area contributed by atoms with Gasteiger partial charge in [0, 0.05) is 53.2 Å². The number of likely N-dealkylation sites (N-methyl/N-ethyl adjacent to an activating group) is 1. The molecule has 0 unspecified atom stereocenters. The summed E-state index contributed by atoms with van der Waals surface area (Å²) in [6.45, 7) is 1.95. The maximum atomic E-state index is 12.6. The van der Waals surface area contributed by atoms with Gasteiger partial charge in [-0.2, -0.15) is 23.9 Å². The van der Waals surface area contributed by atoms with Crippen molar-refractivity contribution < 1.29 is 61.2 Å². The minimum atomic E-state index is -3.98. The number of nitrogens with zero attached hydrogens (tertiary/aromatic N) is 17. The molecule has 628 valence electrons. The number of hydrogen-bond acceptors (Lipinski definition) is 28. The predicted octanol–water partition coefficient (Wildman–Crippen LogP) is 12.2. The number of carbonyl (C=O) groups is 3. The first-order chi connectivity index (χ1) is 57.9. The number of anilines is 5. The van der Waals surface area contributed by atoms with Crippen molar-refractivity contribution in [1.29, 1.82) is 5.26 Å². The third kappa shape index (κ3) is 23.1. The van der Waals surface area contributed by atoms with E-state index in [4.69, 9.17) is 68.0 Å². The molecule has 0 bridgehead atoms. The van der Waals surface area contributed by atoms with Gasteiger partial charge in [-0.1, -0.05) is 131 Å². The summed E-state index contributed by atoms with van der Waals surface area (Å²) in [6.07, 6.45) is 4.01. The Labute approximate surface area is 725 Å². The molecule has 0 aliphatic carbocycles. The number of carbonyl (C=O) groups excluding carboxylic acids is 3. The van der Waals surface area contributed by atoms with Crippen LogP contribution in [0.2, 0.25) is 25.8 Å². The van der Waals surface area contributed by atoms with Gasteiger partial charge < -0.3 is 14.5 Å². The van der Waals surface area contributed by atoms with E-state index in [2.05, 4.69) is 83.6 Å². The number of nitrogens with one attached hydrogen (secondary N) is 5. The van der Waals surface area contributed by atoms with E-state index in [9.17, 15) is 56.5 Å². The highest BCUT2D eigenvalue weighted by atomic mass is 35.5. The van der Waals surface area contributed by atoms with Crippen molar-refractivity contribution >= 4 is 221 Å². The maximum Gasteiger partial charge on any atom is 0.310 e. The lowest BCUT2D eigenvalue weighted by atomic mass is 10.1. The first kappa shape index (κ1) is 90.2. The standard InChI is InChI=1S/C18H16ClN3O4S.C17H15ClN4O3S.C15H15ClN6O3S.C13H7ClN4O2S2.C12H10ClN5O2S/c1-2-26-16(23)11-12-7-9-13(10-8-12)27(24,25)22-18-17(19)20-14-5-3-4-6-15(14)21-18;1-22(2)17(23)11-7-9-12(10-8-11)26(24,25)21-16-15(18)19-13-5-3-4-6-14(13)20-16;1-21(2)13(23)9-22-8-10(7-17-22)26(24,25)20-15-14(16)18-11-5-3-4-6-12(11)19-15;14-12-13(17-10-4-2-1-3-9(10)16-12)18-22(19,20)11-6-5-8(7-15)21-11;1-18-7-6-10(16-18)21(19,20)17-12-11(13)14-8-4-2-3-5-9(8)15-12/h3-10H,2,11H2,1H3,(H,21,22);3-10H,1-2H3,(H,20,21);3-8H,9H2,1-2H3,(H,19,20);1-6H,(H,17,18);2-7H,1H3,(H,15,17). The summed E-state index contributed by atoms with van der Waals surface area (Å²) in [6, 6.07) is 52.5. The molecule has 8 heterocycles. The zero-order valence-electron chi connectivity index (χ0n) is 63.9. The van der Waals surface area contributed by atoms with Crippen LogP contribution >= 0.6 is 69.3 Å². The Morgan fingerprint density at radius 3 is 1.11 bits per heavy atom. The van der Waals surface area contributed by atoms with E-state index in [0.29, 0.717) is 77.8 Å². The van der Waals surface area contributed by atoms with Crippen LogP contribution in [0.5, 0.6) is 0 Å². The molecular weight excluding hydrogens is 1800 g/mol. The second-order valence-corrected chi connectivity index (χ2v) is 36.8. The fourth-order valence-electron chi connectivity index (χ4n) is 10.2. The average Bonchev–Trinajstić information content (AvgIpc) is 1.35. The lowest BCUT2D eigenvalue weighted by Gasteiger charge is -2.12. The smallest absolute Gasteiger partial charge is 0.310 e. The van der Waals surface area contributed by atoms with Gasteiger partial charge in [0.1, 0.15) is 26.6 Å². The number of aromatic nitrogens is 14. The first-order valence-corrected chi connectivity index (χ1v) is 45.0. The van der Waals surface area contributed by atoms with Crippen LogP contribution in [-0.2, 0) is 84.5 Å². The third-order valence-electron chi connectivity index (χ3n) is 16.1. The van der Waals surface area contributed by atoms with Crippen LogP contribution in [0.4, 0.5) is 29.1 Å². The maximum absolute atomic E-state index is 12.6. The van der Waals surface area contributed by atoms with Crippen LogP contribution in [0.1, 0.15) is 27.7 Å².